The van der Waals surface area contributed by atoms with E-state index in [1.807, 2.05) is 25.1 Å². The summed E-state index contributed by atoms with van der Waals surface area (Å²) in [4.78, 5) is 0. The molecule has 0 fully saturated rings. The lowest BCUT2D eigenvalue weighted by molar-refractivity contribution is 0.101. The zero-order valence-electron chi connectivity index (χ0n) is 12.4. The van der Waals surface area contributed by atoms with Crippen LogP contribution in [-0.2, 0) is 0 Å². The largest absolute Gasteiger partial charge is 0.490 e. The third-order valence-corrected chi connectivity index (χ3v) is 2.93. The molecule has 0 bridgehead atoms. The van der Waals surface area contributed by atoms with E-state index in [1.165, 1.54) is 0 Å². The first-order valence-corrected chi connectivity index (χ1v) is 6.78. The lowest BCUT2D eigenvalue weighted by Gasteiger charge is -2.23. The number of nitrogens with zero attached hydrogens (tertiary/aromatic N) is 1. The zero-order chi connectivity index (χ0) is 14.8. The SMILES string of the molecule is Cc1noc2cccc(OCC(O)CNC(C)(C)C)c12. The van der Waals surface area contributed by atoms with Gasteiger partial charge in [0.1, 0.15) is 18.5 Å². The van der Waals surface area contributed by atoms with Crippen LogP contribution in [0.15, 0.2) is 22.7 Å². The highest BCUT2D eigenvalue weighted by Gasteiger charge is 2.14. The molecule has 0 saturated heterocycles. The number of β-amino-alcohol motifs (C(OH)–C–C–N with tert-alkyl or cyclic N) is 1. The monoisotopic (exact) mass is 278 g/mol. The Kier molecular flexibility index (Phi) is 4.30. The van der Waals surface area contributed by atoms with Gasteiger partial charge in [-0.15, -0.1) is 0 Å². The summed E-state index contributed by atoms with van der Waals surface area (Å²) >= 11 is 0. The standard InChI is InChI=1S/C15H22N2O3/c1-10-14-12(6-5-7-13(14)20-17-10)19-9-11(18)8-16-15(2,3)4/h5-7,11,16,18H,8-9H2,1-4H3. The van der Waals surface area contributed by atoms with Crippen molar-refractivity contribution in [1.82, 2.24) is 10.5 Å². The number of rotatable bonds is 5. The maximum atomic E-state index is 9.94. The van der Waals surface area contributed by atoms with Crippen molar-refractivity contribution >= 4 is 11.0 Å². The lowest BCUT2D eigenvalue weighted by atomic mass is 10.1. The minimum atomic E-state index is -0.565. The van der Waals surface area contributed by atoms with Gasteiger partial charge in [-0.3, -0.25) is 0 Å². The number of aliphatic hydroxyl groups excluding tert-OH is 1. The van der Waals surface area contributed by atoms with E-state index >= 15 is 0 Å². The summed E-state index contributed by atoms with van der Waals surface area (Å²) in [5, 5.41) is 18.0. The minimum absolute atomic E-state index is 0.0218. The third kappa shape index (κ3) is 3.71. The molecule has 0 spiro atoms. The van der Waals surface area contributed by atoms with Gasteiger partial charge in [-0.05, 0) is 39.8 Å². The van der Waals surface area contributed by atoms with Crippen molar-refractivity contribution in [2.45, 2.75) is 39.3 Å². The Morgan fingerprint density at radius 2 is 2.15 bits per heavy atom. The van der Waals surface area contributed by atoms with Gasteiger partial charge in [-0.1, -0.05) is 11.2 Å². The highest BCUT2D eigenvalue weighted by atomic mass is 16.5. The Balaban J connectivity index is 1.97. The second kappa shape index (κ2) is 5.81. The van der Waals surface area contributed by atoms with Crippen molar-refractivity contribution in [3.05, 3.63) is 23.9 Å². The summed E-state index contributed by atoms with van der Waals surface area (Å²) in [5.74, 6) is 0.691. The first-order chi connectivity index (χ1) is 9.37. The molecule has 20 heavy (non-hydrogen) atoms. The van der Waals surface area contributed by atoms with Gasteiger partial charge < -0.3 is 19.7 Å². The normalized spacial score (nSPS) is 13.7. The number of aliphatic hydroxyl groups is 1. The van der Waals surface area contributed by atoms with Crippen molar-refractivity contribution in [3.63, 3.8) is 0 Å². The number of nitrogens with one attached hydrogen (secondary N) is 1. The second-order valence-corrected chi connectivity index (χ2v) is 5.99. The third-order valence-electron chi connectivity index (χ3n) is 2.93. The molecule has 110 valence electrons. The molecule has 1 aromatic heterocycles. The number of benzene rings is 1. The molecule has 2 aromatic rings. The van der Waals surface area contributed by atoms with Gasteiger partial charge in [-0.25, -0.2) is 0 Å². The van der Waals surface area contributed by atoms with Gasteiger partial charge in [0.15, 0.2) is 5.58 Å². The van der Waals surface area contributed by atoms with Gasteiger partial charge in [0.05, 0.1) is 11.1 Å². The van der Waals surface area contributed by atoms with E-state index in [2.05, 4.69) is 31.2 Å². The molecule has 0 amide bonds. The van der Waals surface area contributed by atoms with Crippen LogP contribution in [0, 0.1) is 6.92 Å². The smallest absolute Gasteiger partial charge is 0.170 e. The number of fused-ring (bicyclic) bond motifs is 1. The summed E-state index contributed by atoms with van der Waals surface area (Å²) in [6, 6.07) is 5.55. The molecule has 1 unspecified atom stereocenters. The van der Waals surface area contributed by atoms with Crippen LogP contribution in [0.3, 0.4) is 0 Å². The number of hydrogen-bond acceptors (Lipinski definition) is 5. The van der Waals surface area contributed by atoms with Crippen molar-refractivity contribution in [2.75, 3.05) is 13.2 Å². The zero-order valence-corrected chi connectivity index (χ0v) is 12.4. The van der Waals surface area contributed by atoms with Crippen LogP contribution in [-0.4, -0.2) is 35.1 Å². The van der Waals surface area contributed by atoms with Gasteiger partial charge in [0.25, 0.3) is 0 Å². The van der Waals surface area contributed by atoms with Crippen LogP contribution in [0.1, 0.15) is 26.5 Å². The lowest BCUT2D eigenvalue weighted by Crippen LogP contribution is -2.42. The average molecular weight is 278 g/mol. The summed E-state index contributed by atoms with van der Waals surface area (Å²) in [6.07, 6.45) is -0.565. The van der Waals surface area contributed by atoms with Crippen LogP contribution in [0.25, 0.3) is 11.0 Å². The van der Waals surface area contributed by atoms with Crippen LogP contribution in [0.2, 0.25) is 0 Å². The predicted octanol–water partition coefficient (Wildman–Crippen LogP) is 2.26. The van der Waals surface area contributed by atoms with E-state index in [9.17, 15) is 5.11 Å². The molecule has 2 N–H and O–H groups in total. The number of aryl methyl sites for hydroxylation is 1. The maximum absolute atomic E-state index is 9.94. The number of hydrogen-bond donors (Lipinski definition) is 2. The molecule has 1 aromatic carbocycles. The second-order valence-electron chi connectivity index (χ2n) is 5.99. The summed E-state index contributed by atoms with van der Waals surface area (Å²) in [7, 11) is 0. The molecular weight excluding hydrogens is 256 g/mol. The fourth-order valence-corrected chi connectivity index (χ4v) is 1.90. The van der Waals surface area contributed by atoms with Crippen molar-refractivity contribution in [2.24, 2.45) is 0 Å². The number of aromatic nitrogens is 1. The molecule has 0 saturated carbocycles. The maximum Gasteiger partial charge on any atom is 0.170 e. The summed E-state index contributed by atoms with van der Waals surface area (Å²) in [6.45, 7) is 8.76. The van der Waals surface area contributed by atoms with E-state index < -0.39 is 6.10 Å². The molecular formula is C15H22N2O3. The molecule has 0 aliphatic heterocycles. The van der Waals surface area contributed by atoms with Crippen LogP contribution >= 0.6 is 0 Å². The topological polar surface area (TPSA) is 67.5 Å². The first-order valence-electron chi connectivity index (χ1n) is 6.78. The first kappa shape index (κ1) is 14.8. The van der Waals surface area contributed by atoms with Crippen molar-refractivity contribution < 1.29 is 14.4 Å². The predicted molar refractivity (Wildman–Crippen MR) is 78.0 cm³/mol. The van der Waals surface area contributed by atoms with Crippen LogP contribution in [0.5, 0.6) is 5.75 Å². The quantitative estimate of drug-likeness (QED) is 0.878. The van der Waals surface area contributed by atoms with Gasteiger partial charge in [0, 0.05) is 12.1 Å². The molecule has 1 heterocycles. The minimum Gasteiger partial charge on any atom is -0.490 e. The van der Waals surface area contributed by atoms with E-state index in [4.69, 9.17) is 9.26 Å². The van der Waals surface area contributed by atoms with E-state index in [0.29, 0.717) is 17.9 Å². The van der Waals surface area contributed by atoms with Gasteiger partial charge in [0.2, 0.25) is 0 Å². The fourth-order valence-electron chi connectivity index (χ4n) is 1.90. The highest BCUT2D eigenvalue weighted by molar-refractivity contribution is 5.85. The molecule has 5 heteroatoms. The van der Waals surface area contributed by atoms with Gasteiger partial charge in [-0.2, -0.15) is 0 Å². The molecule has 0 aliphatic carbocycles. The molecule has 1 atom stereocenters. The van der Waals surface area contributed by atoms with Crippen molar-refractivity contribution in [3.8, 4) is 5.75 Å². The molecule has 0 aliphatic rings. The van der Waals surface area contributed by atoms with Crippen molar-refractivity contribution in [1.29, 1.82) is 0 Å². The van der Waals surface area contributed by atoms with E-state index in [1.54, 1.807) is 0 Å². The summed E-state index contributed by atoms with van der Waals surface area (Å²) in [5.41, 5.74) is 1.46. The van der Waals surface area contributed by atoms with E-state index in [-0.39, 0.29) is 12.1 Å². The average Bonchev–Trinajstić information content (AvgIpc) is 2.76. The Morgan fingerprint density at radius 3 is 2.85 bits per heavy atom. The Hall–Kier alpha value is -1.59. The Morgan fingerprint density at radius 1 is 1.40 bits per heavy atom. The van der Waals surface area contributed by atoms with Crippen LogP contribution < -0.4 is 10.1 Å². The molecule has 5 nitrogen and oxygen atoms in total. The summed E-state index contributed by atoms with van der Waals surface area (Å²) < 4.78 is 10.9. The highest BCUT2D eigenvalue weighted by Crippen LogP contribution is 2.28. The van der Waals surface area contributed by atoms with E-state index in [0.717, 1.165) is 11.1 Å². The fraction of sp³-hybridized carbons (Fsp3) is 0.533. The molecule has 0 radical (unpaired) electrons. The Labute approximate surface area is 118 Å². The Bertz CT molecular complexity index is 572. The molecule has 2 rings (SSSR count). The van der Waals surface area contributed by atoms with Crippen LogP contribution in [0.4, 0.5) is 0 Å². The van der Waals surface area contributed by atoms with Gasteiger partial charge >= 0.3 is 0 Å². The number of ether oxygens (including phenoxy) is 1.